The predicted octanol–water partition coefficient (Wildman–Crippen LogP) is 0.228. The molecular formula is C8H13N3O2. The molecule has 1 aliphatic rings. The van der Waals surface area contributed by atoms with Crippen LogP contribution in [0.4, 0.5) is 5.69 Å². The second kappa shape index (κ2) is 3.76. The third kappa shape index (κ3) is 2.19. The Morgan fingerprint density at radius 2 is 2.69 bits per heavy atom. The lowest BCUT2D eigenvalue weighted by Crippen LogP contribution is -2.15. The molecule has 1 unspecified atom stereocenters. The Morgan fingerprint density at radius 3 is 3.31 bits per heavy atom. The second-order valence-corrected chi connectivity index (χ2v) is 3.09. The molecule has 0 bridgehead atoms. The average molecular weight is 183 g/mol. The van der Waals surface area contributed by atoms with Crippen LogP contribution in [-0.4, -0.2) is 29.1 Å². The molecule has 0 spiro atoms. The molecule has 72 valence electrons. The summed E-state index contributed by atoms with van der Waals surface area (Å²) in [7, 11) is 0. The number of ether oxygens (including phenoxy) is 2. The fraction of sp³-hybridized carbons (Fsp3) is 0.625. The topological polar surface area (TPSA) is 62.3 Å². The smallest absolute Gasteiger partial charge is 0.139 e. The lowest BCUT2D eigenvalue weighted by atomic mass is 10.3. The van der Waals surface area contributed by atoms with Gasteiger partial charge in [-0.1, -0.05) is 0 Å². The van der Waals surface area contributed by atoms with Crippen LogP contribution in [0.1, 0.15) is 6.42 Å². The Hall–Kier alpha value is -1.07. The molecule has 1 aromatic rings. The van der Waals surface area contributed by atoms with Gasteiger partial charge in [-0.25, -0.2) is 4.68 Å². The molecule has 1 fully saturated rings. The van der Waals surface area contributed by atoms with Gasteiger partial charge in [-0.15, -0.1) is 0 Å². The minimum absolute atomic E-state index is 0.213. The lowest BCUT2D eigenvalue weighted by Gasteiger charge is -2.08. The van der Waals surface area contributed by atoms with Gasteiger partial charge >= 0.3 is 0 Å². The standard InChI is InChI=1S/C8H13N3O2/c9-7-3-10-11(4-7)6-13-8-1-2-12-5-8/h3-4,8H,1-2,5-6,9H2. The van der Waals surface area contributed by atoms with E-state index in [1.165, 1.54) is 0 Å². The van der Waals surface area contributed by atoms with Crippen LogP contribution in [0, 0.1) is 0 Å². The zero-order valence-corrected chi connectivity index (χ0v) is 7.35. The maximum atomic E-state index is 5.52. The Bertz CT molecular complexity index is 268. The van der Waals surface area contributed by atoms with E-state index in [0.717, 1.165) is 13.0 Å². The summed E-state index contributed by atoms with van der Waals surface area (Å²) in [6.07, 6.45) is 4.53. The van der Waals surface area contributed by atoms with Gasteiger partial charge in [0.2, 0.25) is 0 Å². The first-order chi connectivity index (χ1) is 6.34. The van der Waals surface area contributed by atoms with E-state index in [2.05, 4.69) is 5.10 Å². The van der Waals surface area contributed by atoms with Crippen LogP contribution >= 0.6 is 0 Å². The fourth-order valence-electron chi connectivity index (χ4n) is 1.28. The van der Waals surface area contributed by atoms with Gasteiger partial charge in [-0.3, -0.25) is 0 Å². The van der Waals surface area contributed by atoms with E-state index in [0.29, 0.717) is 19.0 Å². The van der Waals surface area contributed by atoms with Crippen molar-refractivity contribution in [2.75, 3.05) is 18.9 Å². The van der Waals surface area contributed by atoms with Crippen LogP contribution in [0.2, 0.25) is 0 Å². The summed E-state index contributed by atoms with van der Waals surface area (Å²) in [4.78, 5) is 0. The highest BCUT2D eigenvalue weighted by molar-refractivity contribution is 5.30. The average Bonchev–Trinajstić information content (AvgIpc) is 2.71. The van der Waals surface area contributed by atoms with Crippen LogP contribution < -0.4 is 5.73 Å². The van der Waals surface area contributed by atoms with Gasteiger partial charge < -0.3 is 15.2 Å². The molecule has 13 heavy (non-hydrogen) atoms. The van der Waals surface area contributed by atoms with Gasteiger partial charge in [0.05, 0.1) is 30.8 Å². The van der Waals surface area contributed by atoms with E-state index >= 15 is 0 Å². The summed E-state index contributed by atoms with van der Waals surface area (Å²) in [6, 6.07) is 0. The van der Waals surface area contributed by atoms with Gasteiger partial charge in [0.25, 0.3) is 0 Å². The lowest BCUT2D eigenvalue weighted by molar-refractivity contribution is -0.00335. The Kier molecular flexibility index (Phi) is 2.47. The van der Waals surface area contributed by atoms with Gasteiger partial charge in [0.1, 0.15) is 6.73 Å². The Balaban J connectivity index is 1.78. The van der Waals surface area contributed by atoms with Gasteiger partial charge in [0.15, 0.2) is 0 Å². The van der Waals surface area contributed by atoms with E-state index in [1.807, 2.05) is 0 Å². The third-order valence-corrected chi connectivity index (χ3v) is 1.98. The van der Waals surface area contributed by atoms with Crippen LogP contribution in [-0.2, 0) is 16.2 Å². The summed E-state index contributed by atoms with van der Waals surface area (Å²) in [5.41, 5.74) is 6.16. The van der Waals surface area contributed by atoms with Crippen LogP contribution in [0.25, 0.3) is 0 Å². The van der Waals surface area contributed by atoms with Crippen molar-refractivity contribution in [3.8, 4) is 0 Å². The van der Waals surface area contributed by atoms with Crippen LogP contribution in [0.15, 0.2) is 12.4 Å². The molecule has 2 heterocycles. The minimum atomic E-state index is 0.213. The predicted molar refractivity (Wildman–Crippen MR) is 46.9 cm³/mol. The number of aromatic nitrogens is 2. The first-order valence-corrected chi connectivity index (χ1v) is 4.32. The van der Waals surface area contributed by atoms with Crippen molar-refractivity contribution in [2.45, 2.75) is 19.3 Å². The van der Waals surface area contributed by atoms with E-state index in [9.17, 15) is 0 Å². The molecule has 0 saturated carbocycles. The SMILES string of the molecule is Nc1cnn(COC2CCOC2)c1. The molecule has 1 aromatic heterocycles. The van der Waals surface area contributed by atoms with Gasteiger partial charge in [0, 0.05) is 6.61 Å². The van der Waals surface area contributed by atoms with Gasteiger partial charge in [-0.2, -0.15) is 5.10 Å². The molecule has 0 radical (unpaired) electrons. The molecule has 5 heteroatoms. The number of nitrogens with two attached hydrogens (primary N) is 1. The zero-order valence-electron chi connectivity index (χ0n) is 7.35. The van der Waals surface area contributed by atoms with Crippen molar-refractivity contribution in [1.82, 2.24) is 9.78 Å². The monoisotopic (exact) mass is 183 g/mol. The first-order valence-electron chi connectivity index (χ1n) is 4.32. The van der Waals surface area contributed by atoms with Crippen LogP contribution in [0.3, 0.4) is 0 Å². The molecule has 5 nitrogen and oxygen atoms in total. The molecular weight excluding hydrogens is 170 g/mol. The number of nitrogens with zero attached hydrogens (tertiary/aromatic N) is 2. The number of anilines is 1. The fourth-order valence-corrected chi connectivity index (χ4v) is 1.28. The molecule has 1 atom stereocenters. The highest BCUT2D eigenvalue weighted by atomic mass is 16.5. The number of nitrogen functional groups attached to an aromatic ring is 1. The van der Waals surface area contributed by atoms with Crippen molar-refractivity contribution < 1.29 is 9.47 Å². The molecule has 2 N–H and O–H groups in total. The van der Waals surface area contributed by atoms with E-state index in [4.69, 9.17) is 15.2 Å². The van der Waals surface area contributed by atoms with E-state index < -0.39 is 0 Å². The minimum Gasteiger partial charge on any atom is -0.396 e. The molecule has 1 aliphatic heterocycles. The van der Waals surface area contributed by atoms with Crippen molar-refractivity contribution in [3.63, 3.8) is 0 Å². The highest BCUT2D eigenvalue weighted by Gasteiger charge is 2.15. The number of rotatable bonds is 3. The number of hydrogen-bond acceptors (Lipinski definition) is 4. The van der Waals surface area contributed by atoms with Gasteiger partial charge in [-0.05, 0) is 6.42 Å². The zero-order chi connectivity index (χ0) is 9.10. The maximum Gasteiger partial charge on any atom is 0.139 e. The van der Waals surface area contributed by atoms with Crippen molar-refractivity contribution in [1.29, 1.82) is 0 Å². The van der Waals surface area contributed by atoms with Crippen molar-refractivity contribution >= 4 is 5.69 Å². The molecule has 0 aliphatic carbocycles. The molecule has 0 aromatic carbocycles. The maximum absolute atomic E-state index is 5.52. The highest BCUT2D eigenvalue weighted by Crippen LogP contribution is 2.09. The third-order valence-electron chi connectivity index (χ3n) is 1.98. The van der Waals surface area contributed by atoms with E-state index in [-0.39, 0.29) is 6.10 Å². The number of hydrogen-bond donors (Lipinski definition) is 1. The Labute approximate surface area is 76.4 Å². The summed E-state index contributed by atoms with van der Waals surface area (Å²) in [5.74, 6) is 0. The largest absolute Gasteiger partial charge is 0.396 e. The van der Waals surface area contributed by atoms with Crippen molar-refractivity contribution in [3.05, 3.63) is 12.4 Å². The molecule has 1 saturated heterocycles. The summed E-state index contributed by atoms with van der Waals surface area (Å²) in [5, 5.41) is 4.00. The van der Waals surface area contributed by atoms with Crippen LogP contribution in [0.5, 0.6) is 0 Å². The summed E-state index contributed by atoms with van der Waals surface area (Å²) >= 11 is 0. The first kappa shape index (κ1) is 8.52. The second-order valence-electron chi connectivity index (χ2n) is 3.09. The quantitative estimate of drug-likeness (QED) is 0.728. The summed E-state index contributed by atoms with van der Waals surface area (Å²) in [6.45, 7) is 1.94. The molecule has 0 amide bonds. The molecule has 2 rings (SSSR count). The normalized spacial score (nSPS) is 22.3. The van der Waals surface area contributed by atoms with Crippen molar-refractivity contribution in [2.24, 2.45) is 0 Å². The Morgan fingerprint density at radius 1 is 1.77 bits per heavy atom. The van der Waals surface area contributed by atoms with E-state index in [1.54, 1.807) is 17.1 Å². The summed E-state index contributed by atoms with van der Waals surface area (Å²) < 4.78 is 12.4.